The lowest BCUT2D eigenvalue weighted by atomic mass is 10.0. The molecule has 0 radical (unpaired) electrons. The van der Waals surface area contributed by atoms with Crippen molar-refractivity contribution in [3.8, 4) is 0 Å². The van der Waals surface area contributed by atoms with Crippen molar-refractivity contribution in [2.75, 3.05) is 0 Å². The summed E-state index contributed by atoms with van der Waals surface area (Å²) in [5.41, 5.74) is 2.92. The molecule has 0 bridgehead atoms. The number of benzene rings is 1. The first-order chi connectivity index (χ1) is 7.83. The van der Waals surface area contributed by atoms with E-state index in [1.807, 2.05) is 41.8 Å². The molecule has 3 heteroatoms. The molecule has 0 aliphatic carbocycles. The molecule has 2 rings (SSSR count). The highest BCUT2D eigenvalue weighted by molar-refractivity contribution is 7.11. The second-order valence-corrected chi connectivity index (χ2v) is 4.21. The molecule has 0 fully saturated rings. The van der Waals surface area contributed by atoms with Gasteiger partial charge in [-0.05, 0) is 22.6 Å². The van der Waals surface area contributed by atoms with E-state index in [9.17, 15) is 0 Å². The third-order valence-electron chi connectivity index (χ3n) is 2.29. The zero-order valence-electron chi connectivity index (χ0n) is 8.63. The van der Waals surface area contributed by atoms with Crippen molar-refractivity contribution in [3.63, 3.8) is 0 Å². The van der Waals surface area contributed by atoms with Crippen molar-refractivity contribution in [2.24, 2.45) is 5.16 Å². The Bertz CT molecular complexity index is 514. The minimum atomic E-state index is 0.890. The number of thiophene rings is 1. The fourth-order valence-electron chi connectivity index (χ4n) is 1.50. The second-order valence-electron chi connectivity index (χ2n) is 3.29. The van der Waals surface area contributed by atoms with Crippen LogP contribution >= 0.6 is 11.3 Å². The average Bonchev–Trinajstić information content (AvgIpc) is 2.78. The number of rotatable bonds is 3. The fourth-order valence-corrected chi connectivity index (χ4v) is 2.37. The van der Waals surface area contributed by atoms with E-state index in [1.165, 1.54) is 6.21 Å². The molecular weight excluding hydrogens is 218 g/mol. The molecule has 80 valence electrons. The Morgan fingerprint density at radius 2 is 2.00 bits per heavy atom. The lowest BCUT2D eigenvalue weighted by Crippen LogP contribution is -1.87. The molecule has 0 aliphatic rings. The summed E-state index contributed by atoms with van der Waals surface area (Å²) < 4.78 is 0. The maximum absolute atomic E-state index is 8.56. The minimum absolute atomic E-state index is 0.890. The van der Waals surface area contributed by atoms with Crippen molar-refractivity contribution in [1.29, 1.82) is 0 Å². The van der Waals surface area contributed by atoms with Gasteiger partial charge in [-0.2, -0.15) is 0 Å². The molecule has 1 heterocycles. The Morgan fingerprint density at radius 3 is 2.69 bits per heavy atom. The van der Waals surface area contributed by atoms with Crippen molar-refractivity contribution < 1.29 is 5.21 Å². The molecule has 16 heavy (non-hydrogen) atoms. The highest BCUT2D eigenvalue weighted by Crippen LogP contribution is 2.28. The summed E-state index contributed by atoms with van der Waals surface area (Å²) in [5, 5.41) is 13.6. The van der Waals surface area contributed by atoms with Gasteiger partial charge in [0.25, 0.3) is 0 Å². The molecule has 0 aliphatic heterocycles. The van der Waals surface area contributed by atoms with E-state index < -0.39 is 0 Å². The number of hydrogen-bond donors (Lipinski definition) is 1. The summed E-state index contributed by atoms with van der Waals surface area (Å²) in [6.45, 7) is 4.08. The van der Waals surface area contributed by atoms with Gasteiger partial charge in [0.15, 0.2) is 0 Å². The average molecular weight is 229 g/mol. The van der Waals surface area contributed by atoms with E-state index in [0.29, 0.717) is 0 Å². The van der Waals surface area contributed by atoms with Gasteiger partial charge in [-0.15, -0.1) is 11.3 Å². The van der Waals surface area contributed by atoms with Crippen LogP contribution in [-0.2, 0) is 0 Å². The normalized spacial score (nSPS) is 10.8. The van der Waals surface area contributed by atoms with Crippen LogP contribution in [0.15, 0.2) is 53.5 Å². The summed E-state index contributed by atoms with van der Waals surface area (Å²) in [7, 11) is 0. The molecular formula is C13H11NOS. The topological polar surface area (TPSA) is 32.6 Å². The van der Waals surface area contributed by atoms with Gasteiger partial charge in [-0.25, -0.2) is 0 Å². The van der Waals surface area contributed by atoms with E-state index in [2.05, 4.69) is 11.7 Å². The molecule has 0 amide bonds. The zero-order valence-corrected chi connectivity index (χ0v) is 9.45. The van der Waals surface area contributed by atoms with Gasteiger partial charge in [0.2, 0.25) is 0 Å². The maximum atomic E-state index is 8.56. The Kier molecular flexibility index (Phi) is 3.17. The van der Waals surface area contributed by atoms with Crippen LogP contribution in [-0.4, -0.2) is 11.4 Å². The molecule has 0 spiro atoms. The largest absolute Gasteiger partial charge is 0.411 e. The van der Waals surface area contributed by atoms with Crippen LogP contribution in [0, 0.1) is 0 Å². The van der Waals surface area contributed by atoms with E-state index >= 15 is 0 Å². The van der Waals surface area contributed by atoms with Gasteiger partial charge in [0.1, 0.15) is 0 Å². The highest BCUT2D eigenvalue weighted by Gasteiger charge is 2.07. The molecule has 0 saturated carbocycles. The van der Waals surface area contributed by atoms with Gasteiger partial charge in [0.05, 0.1) is 6.21 Å². The molecule has 1 aromatic carbocycles. The third-order valence-corrected chi connectivity index (χ3v) is 3.28. The van der Waals surface area contributed by atoms with Crippen LogP contribution in [0.5, 0.6) is 0 Å². The number of nitrogens with zero attached hydrogens (tertiary/aromatic N) is 1. The molecule has 1 N–H and O–H groups in total. The van der Waals surface area contributed by atoms with Gasteiger partial charge in [0, 0.05) is 10.4 Å². The van der Waals surface area contributed by atoms with Crippen molar-refractivity contribution >= 4 is 23.1 Å². The Hall–Kier alpha value is -1.87. The lowest BCUT2D eigenvalue weighted by molar-refractivity contribution is 0.322. The Balaban J connectivity index is 2.38. The third kappa shape index (κ3) is 2.04. The lowest BCUT2D eigenvalue weighted by Gasteiger charge is -2.04. The van der Waals surface area contributed by atoms with Gasteiger partial charge in [-0.1, -0.05) is 42.1 Å². The number of oxime groups is 1. The summed E-state index contributed by atoms with van der Waals surface area (Å²) in [6, 6.07) is 11.9. The molecule has 0 atom stereocenters. The summed E-state index contributed by atoms with van der Waals surface area (Å²) >= 11 is 1.59. The Morgan fingerprint density at radius 1 is 1.25 bits per heavy atom. The predicted molar refractivity (Wildman–Crippen MR) is 68.3 cm³/mol. The van der Waals surface area contributed by atoms with E-state index in [4.69, 9.17) is 5.21 Å². The highest BCUT2D eigenvalue weighted by atomic mass is 32.1. The van der Waals surface area contributed by atoms with E-state index in [-0.39, 0.29) is 0 Å². The first kappa shape index (κ1) is 10.6. The smallest absolute Gasteiger partial charge is 0.0748 e. The first-order valence-corrected chi connectivity index (χ1v) is 5.70. The van der Waals surface area contributed by atoms with Crippen molar-refractivity contribution in [2.45, 2.75) is 0 Å². The summed E-state index contributed by atoms with van der Waals surface area (Å²) in [4.78, 5) is 1.03. The number of hydrogen-bond acceptors (Lipinski definition) is 3. The molecule has 0 saturated heterocycles. The van der Waals surface area contributed by atoms with Crippen LogP contribution in [0.1, 0.15) is 16.0 Å². The molecule has 2 nitrogen and oxygen atoms in total. The standard InChI is InChI=1S/C13H11NOS/c1-10(11-5-3-2-4-6-11)13-12(9-14-15)7-8-16-13/h2-9,15H,1H2. The minimum Gasteiger partial charge on any atom is -0.411 e. The molecule has 0 unspecified atom stereocenters. The SMILES string of the molecule is C=C(c1ccccc1)c1sccc1C=NO. The van der Waals surface area contributed by atoms with Crippen molar-refractivity contribution in [3.05, 3.63) is 64.4 Å². The fraction of sp³-hybridized carbons (Fsp3) is 0. The first-order valence-electron chi connectivity index (χ1n) is 4.82. The maximum Gasteiger partial charge on any atom is 0.0748 e. The summed E-state index contributed by atoms with van der Waals surface area (Å²) in [5.74, 6) is 0. The van der Waals surface area contributed by atoms with Crippen molar-refractivity contribution in [1.82, 2.24) is 0 Å². The van der Waals surface area contributed by atoms with Crippen LogP contribution in [0.25, 0.3) is 5.57 Å². The monoisotopic (exact) mass is 229 g/mol. The zero-order chi connectivity index (χ0) is 11.4. The van der Waals surface area contributed by atoms with Crippen LogP contribution in [0.3, 0.4) is 0 Å². The van der Waals surface area contributed by atoms with E-state index in [1.54, 1.807) is 11.3 Å². The molecule has 2 aromatic rings. The quantitative estimate of drug-likeness (QED) is 0.486. The van der Waals surface area contributed by atoms with Gasteiger partial charge in [-0.3, -0.25) is 0 Å². The molecule has 1 aromatic heterocycles. The second kappa shape index (κ2) is 4.77. The summed E-state index contributed by atoms with van der Waals surface area (Å²) in [6.07, 6.45) is 1.43. The van der Waals surface area contributed by atoms with Crippen LogP contribution in [0.2, 0.25) is 0 Å². The van der Waals surface area contributed by atoms with Crippen LogP contribution in [0.4, 0.5) is 0 Å². The Labute approximate surface area is 98.2 Å². The van der Waals surface area contributed by atoms with Crippen LogP contribution < -0.4 is 0 Å². The van der Waals surface area contributed by atoms with Gasteiger partial charge < -0.3 is 5.21 Å². The van der Waals surface area contributed by atoms with Gasteiger partial charge >= 0.3 is 0 Å². The van der Waals surface area contributed by atoms with E-state index in [0.717, 1.165) is 21.6 Å². The predicted octanol–water partition coefficient (Wildman–Crippen LogP) is 3.62.